The predicted molar refractivity (Wildman–Crippen MR) is 127 cm³/mol. The summed E-state index contributed by atoms with van der Waals surface area (Å²) in [7, 11) is -10.8. The first kappa shape index (κ1) is 27.2. The molecule has 0 saturated carbocycles. The molecule has 1 atom stereocenters. The van der Waals surface area contributed by atoms with E-state index >= 15 is 0 Å². The van der Waals surface area contributed by atoms with Gasteiger partial charge in [0.25, 0.3) is 0 Å². The van der Waals surface area contributed by atoms with Crippen LogP contribution in [-0.2, 0) is 21.9 Å². The molecule has 10 heteroatoms. The maximum atomic E-state index is 12.5. The van der Waals surface area contributed by atoms with Gasteiger partial charge in [0, 0.05) is 6.08 Å². The van der Waals surface area contributed by atoms with Crippen LogP contribution >= 0.6 is 0 Å². The van der Waals surface area contributed by atoms with Crippen molar-refractivity contribution in [1.29, 1.82) is 0 Å². The Balaban J connectivity index is 6.74. The van der Waals surface area contributed by atoms with E-state index in [1.807, 2.05) is 0 Å². The molecule has 0 fully saturated rings. The minimum absolute atomic E-state index is 0.427. The number of carbonyl (C=O) groups is 1. The van der Waals surface area contributed by atoms with Crippen LogP contribution in [0, 0.1) is 0 Å². The largest absolute Gasteiger partial charge is 0.456 e. The van der Waals surface area contributed by atoms with Crippen molar-refractivity contribution in [2.24, 2.45) is 0 Å². The van der Waals surface area contributed by atoms with Crippen molar-refractivity contribution in [2.45, 2.75) is 90.2 Å². The van der Waals surface area contributed by atoms with Crippen LogP contribution in [0.25, 0.3) is 0 Å². The minimum atomic E-state index is -2.99. The molecule has 0 aromatic heterocycles. The number of esters is 1. The van der Waals surface area contributed by atoms with Crippen molar-refractivity contribution in [1.82, 2.24) is 0 Å². The normalized spacial score (nSPS) is 16.2. The Morgan fingerprint density at radius 3 is 1.63 bits per heavy atom. The number of rotatable bonds is 11. The summed E-state index contributed by atoms with van der Waals surface area (Å²) in [6.45, 7) is 29.3. The Kier molecular flexibility index (Phi) is 9.39. The lowest BCUT2D eigenvalue weighted by atomic mass is 10.5. The molecule has 0 aromatic rings. The van der Waals surface area contributed by atoms with Crippen LogP contribution in [0.3, 0.4) is 0 Å². The molecule has 160 valence electrons. The van der Waals surface area contributed by atoms with E-state index in [1.54, 1.807) is 0 Å². The quantitative estimate of drug-likeness (QED) is 0.246. The molecule has 0 aliphatic carbocycles. The number of ether oxygens (including phenoxy) is 1. The van der Waals surface area contributed by atoms with E-state index in [0.717, 1.165) is 0 Å². The van der Waals surface area contributed by atoms with Crippen molar-refractivity contribution in [3.8, 4) is 0 Å². The van der Waals surface area contributed by atoms with Crippen LogP contribution < -0.4 is 0 Å². The summed E-state index contributed by atoms with van der Waals surface area (Å²) in [5.74, 6) is -0.427. The fourth-order valence-electron chi connectivity index (χ4n) is 3.83. The summed E-state index contributed by atoms with van der Waals surface area (Å²) < 4.78 is 26.4. The topological polar surface area (TPSA) is 54.0 Å². The minimum Gasteiger partial charge on any atom is -0.456 e. The van der Waals surface area contributed by atoms with Gasteiger partial charge < -0.3 is 17.1 Å². The Morgan fingerprint density at radius 1 is 0.963 bits per heavy atom. The molecule has 0 spiro atoms. The summed E-state index contributed by atoms with van der Waals surface area (Å²) in [4.78, 5) is 11.6. The Labute approximate surface area is 173 Å². The molecular formula is C17H42O5Si5. The maximum absolute atomic E-state index is 12.5. The highest BCUT2D eigenvalue weighted by Crippen LogP contribution is 2.42. The van der Waals surface area contributed by atoms with Gasteiger partial charge in [-0.2, -0.15) is 0 Å². The molecule has 0 amide bonds. The van der Waals surface area contributed by atoms with Gasteiger partial charge in [-0.1, -0.05) is 13.5 Å². The molecule has 0 bridgehead atoms. The van der Waals surface area contributed by atoms with E-state index < -0.39 is 53.4 Å². The lowest BCUT2D eigenvalue weighted by Gasteiger charge is -2.54. The second kappa shape index (κ2) is 9.33. The second-order valence-electron chi connectivity index (χ2n) is 9.86. The van der Waals surface area contributed by atoms with Crippen LogP contribution in [0.2, 0.25) is 72.0 Å². The van der Waals surface area contributed by atoms with Crippen molar-refractivity contribution >= 4 is 48.5 Å². The number of hydrogen-bond donors (Lipinski definition) is 0. The molecule has 0 radical (unpaired) electrons. The van der Waals surface area contributed by atoms with E-state index in [-0.39, 0.29) is 0 Å². The summed E-state index contributed by atoms with van der Waals surface area (Å²) in [6.07, 6.45) is 1.85. The van der Waals surface area contributed by atoms with Gasteiger partial charge in [0.2, 0.25) is 8.32 Å². The van der Waals surface area contributed by atoms with Crippen molar-refractivity contribution < 1.29 is 21.9 Å². The highest BCUT2D eigenvalue weighted by molar-refractivity contribution is 6.99. The smallest absolute Gasteiger partial charge is 0.359 e. The van der Waals surface area contributed by atoms with Gasteiger partial charge in [-0.05, 0) is 78.4 Å². The van der Waals surface area contributed by atoms with Crippen LogP contribution in [0.15, 0.2) is 12.7 Å². The summed E-state index contributed by atoms with van der Waals surface area (Å²) in [5.41, 5.74) is 0. The van der Waals surface area contributed by atoms with Gasteiger partial charge in [-0.15, -0.1) is 0 Å². The second-order valence-corrected chi connectivity index (χ2v) is 30.0. The van der Waals surface area contributed by atoms with Crippen LogP contribution in [0.5, 0.6) is 0 Å². The first-order valence-corrected chi connectivity index (χ1v) is 24.6. The van der Waals surface area contributed by atoms with Crippen LogP contribution in [0.4, 0.5) is 0 Å². The fourth-order valence-corrected chi connectivity index (χ4v) is 28.5. The molecule has 0 saturated heterocycles. The van der Waals surface area contributed by atoms with Gasteiger partial charge in [0.1, 0.15) is 0 Å². The molecule has 0 aromatic carbocycles. The first-order valence-electron chi connectivity index (χ1n) is 9.78. The zero-order valence-corrected chi connectivity index (χ0v) is 24.8. The fraction of sp³-hybridized carbons (Fsp3) is 0.824. The van der Waals surface area contributed by atoms with Crippen molar-refractivity contribution in [2.75, 3.05) is 0 Å². The molecule has 5 nitrogen and oxygen atoms in total. The van der Waals surface area contributed by atoms with Crippen molar-refractivity contribution in [3.05, 3.63) is 12.7 Å². The molecule has 1 unspecified atom stereocenters. The van der Waals surface area contributed by atoms with E-state index in [9.17, 15) is 4.79 Å². The third-order valence-corrected chi connectivity index (χ3v) is 23.9. The summed E-state index contributed by atoms with van der Waals surface area (Å²) in [6, 6.07) is 0. The molecule has 0 heterocycles. The van der Waals surface area contributed by atoms with Gasteiger partial charge in [-0.3, -0.25) is 0 Å². The van der Waals surface area contributed by atoms with E-state index in [0.29, 0.717) is 6.42 Å². The van der Waals surface area contributed by atoms with E-state index in [2.05, 4.69) is 85.5 Å². The Bertz CT molecular complexity index is 509. The molecule has 0 aliphatic heterocycles. The molecule has 0 rings (SSSR count). The lowest BCUT2D eigenvalue weighted by Crippen LogP contribution is -2.78. The van der Waals surface area contributed by atoms with Gasteiger partial charge in [-0.25, -0.2) is 4.79 Å². The number of carbonyl (C=O) groups excluding carboxylic acids is 1. The van der Waals surface area contributed by atoms with Gasteiger partial charge in [0.05, 0.1) is 0 Å². The summed E-state index contributed by atoms with van der Waals surface area (Å²) in [5, 5.41) is 0. The maximum Gasteiger partial charge on any atom is 0.359 e. The van der Waals surface area contributed by atoms with Gasteiger partial charge in [0.15, 0.2) is 30.5 Å². The highest BCUT2D eigenvalue weighted by Gasteiger charge is 2.68. The standard InChI is InChI=1S/C17H42O5Si5/c1-14-16(18)19-17(15-2,26(11,12)20-23(3)4)27(13,21-24(5,6)7)22-25(8,9)10/h14,23H,1,15H2,2-13H3. The molecule has 27 heavy (non-hydrogen) atoms. The zero-order valence-electron chi connectivity index (χ0n) is 19.6. The predicted octanol–water partition coefficient (Wildman–Crippen LogP) is 4.92. The Hall–Kier alpha value is 0.174. The first-order chi connectivity index (χ1) is 11.8. The molecule has 0 N–H and O–H groups in total. The highest BCUT2D eigenvalue weighted by atomic mass is 28.5. The third-order valence-electron chi connectivity index (χ3n) is 4.18. The average Bonchev–Trinajstić information content (AvgIpc) is 2.37. The Morgan fingerprint density at radius 2 is 1.37 bits per heavy atom. The molecular weight excluding hydrogens is 425 g/mol. The number of hydrogen-bond acceptors (Lipinski definition) is 5. The van der Waals surface area contributed by atoms with Crippen molar-refractivity contribution in [3.63, 3.8) is 0 Å². The third kappa shape index (κ3) is 7.50. The van der Waals surface area contributed by atoms with Crippen LogP contribution in [0.1, 0.15) is 13.3 Å². The average molecular weight is 467 g/mol. The lowest BCUT2D eigenvalue weighted by molar-refractivity contribution is -0.144. The molecule has 0 aliphatic rings. The van der Waals surface area contributed by atoms with Crippen LogP contribution in [-0.4, -0.2) is 53.4 Å². The zero-order chi connectivity index (χ0) is 21.9. The van der Waals surface area contributed by atoms with E-state index in [4.69, 9.17) is 17.1 Å². The van der Waals surface area contributed by atoms with E-state index in [1.165, 1.54) is 6.08 Å². The monoisotopic (exact) mass is 466 g/mol. The van der Waals surface area contributed by atoms with Gasteiger partial charge >= 0.3 is 14.5 Å². The SMILES string of the molecule is C=CC(=O)OC(CC)([Si](C)(C)O[SiH](C)C)[Si](C)(O[Si](C)(C)C)O[Si](C)(C)C. The summed E-state index contributed by atoms with van der Waals surface area (Å²) >= 11 is 0.